The number of hydrogen-bond acceptors (Lipinski definition) is 4. The van der Waals surface area contributed by atoms with E-state index in [9.17, 15) is 4.79 Å². The molecule has 32 heavy (non-hydrogen) atoms. The molecule has 1 aliphatic heterocycles. The smallest absolute Gasteiger partial charge is 0.222 e. The summed E-state index contributed by atoms with van der Waals surface area (Å²) in [6, 6.07) is 15.0. The Kier molecular flexibility index (Phi) is 6.37. The number of nitrogens with zero attached hydrogens (tertiary/aromatic N) is 5. The zero-order valence-corrected chi connectivity index (χ0v) is 18.8. The third kappa shape index (κ3) is 4.50. The van der Waals surface area contributed by atoms with Crippen LogP contribution in [0.15, 0.2) is 48.7 Å². The summed E-state index contributed by atoms with van der Waals surface area (Å²) in [5.74, 6) is 1.38. The summed E-state index contributed by atoms with van der Waals surface area (Å²) >= 11 is 0. The molecule has 2 aliphatic rings. The summed E-state index contributed by atoms with van der Waals surface area (Å²) in [5.41, 5.74) is 3.24. The molecule has 6 nitrogen and oxygen atoms in total. The Balaban J connectivity index is 1.18. The van der Waals surface area contributed by atoms with Crippen LogP contribution in [-0.2, 0) is 11.2 Å². The van der Waals surface area contributed by atoms with E-state index in [1.54, 1.807) is 0 Å². The second-order valence-corrected chi connectivity index (χ2v) is 9.09. The largest absolute Gasteiger partial charge is 0.368 e. The number of para-hydroxylation sites is 1. The molecule has 1 saturated heterocycles. The first-order valence-electron chi connectivity index (χ1n) is 12.2. The van der Waals surface area contributed by atoms with Gasteiger partial charge in [-0.25, -0.2) is 9.97 Å². The maximum absolute atomic E-state index is 12.9. The van der Waals surface area contributed by atoms with Crippen molar-refractivity contribution in [3.05, 3.63) is 54.5 Å². The highest BCUT2D eigenvalue weighted by atomic mass is 16.2. The number of fused-ring (bicyclic) bond motifs is 1. The quantitative estimate of drug-likeness (QED) is 0.572. The molecule has 5 rings (SSSR count). The van der Waals surface area contributed by atoms with Crippen molar-refractivity contribution in [1.29, 1.82) is 0 Å². The van der Waals surface area contributed by atoms with Crippen LogP contribution in [0.2, 0.25) is 0 Å². The normalized spacial score (nSPS) is 17.8. The lowest BCUT2D eigenvalue weighted by molar-refractivity contribution is -0.131. The minimum absolute atomic E-state index is 0.274. The molecule has 1 aromatic carbocycles. The van der Waals surface area contributed by atoms with Crippen LogP contribution in [-0.4, -0.2) is 51.5 Å². The van der Waals surface area contributed by atoms with E-state index in [-0.39, 0.29) is 5.91 Å². The van der Waals surface area contributed by atoms with Gasteiger partial charge in [0.25, 0.3) is 0 Å². The second-order valence-electron chi connectivity index (χ2n) is 9.09. The molecule has 3 aromatic rings. The molecule has 0 bridgehead atoms. The molecule has 0 N–H and O–H groups in total. The minimum atomic E-state index is 0.274. The number of aryl methyl sites for hydroxylation is 1. The number of imidazole rings is 1. The molecular weight excluding hydrogens is 398 g/mol. The van der Waals surface area contributed by atoms with Crippen LogP contribution in [0.25, 0.3) is 11.2 Å². The molecular formula is C26H33N5O. The maximum atomic E-state index is 12.9. The van der Waals surface area contributed by atoms with Crippen LogP contribution in [0.3, 0.4) is 0 Å². The highest BCUT2D eigenvalue weighted by Crippen LogP contribution is 2.32. The third-order valence-electron chi connectivity index (χ3n) is 7.01. The van der Waals surface area contributed by atoms with Gasteiger partial charge in [0.15, 0.2) is 5.65 Å². The fourth-order valence-electron chi connectivity index (χ4n) is 5.28. The Morgan fingerprint density at radius 2 is 1.72 bits per heavy atom. The number of piperazine rings is 1. The number of carbonyl (C=O) groups is 1. The number of hydrogen-bond donors (Lipinski definition) is 0. The van der Waals surface area contributed by atoms with Crippen molar-refractivity contribution in [1.82, 2.24) is 19.4 Å². The van der Waals surface area contributed by atoms with Crippen molar-refractivity contribution in [3.8, 4) is 0 Å². The lowest BCUT2D eigenvalue weighted by atomic mass is 9.95. The lowest BCUT2D eigenvalue weighted by Crippen LogP contribution is -2.48. The zero-order valence-electron chi connectivity index (χ0n) is 18.8. The van der Waals surface area contributed by atoms with Crippen molar-refractivity contribution in [3.63, 3.8) is 0 Å². The molecule has 2 aromatic heterocycles. The number of carbonyl (C=O) groups excluding carboxylic acids is 1. The molecule has 1 saturated carbocycles. The maximum Gasteiger partial charge on any atom is 0.222 e. The van der Waals surface area contributed by atoms with E-state index >= 15 is 0 Å². The fraction of sp³-hybridized carbons (Fsp3) is 0.500. The Morgan fingerprint density at radius 3 is 2.50 bits per heavy atom. The molecule has 1 aliphatic carbocycles. The first-order chi connectivity index (χ1) is 15.8. The summed E-state index contributed by atoms with van der Waals surface area (Å²) < 4.78 is 2.39. The zero-order chi connectivity index (χ0) is 21.8. The summed E-state index contributed by atoms with van der Waals surface area (Å²) in [7, 11) is 0. The van der Waals surface area contributed by atoms with E-state index in [1.165, 1.54) is 37.8 Å². The molecule has 3 heterocycles. The van der Waals surface area contributed by atoms with Crippen LogP contribution in [0, 0.1) is 0 Å². The molecule has 2 fully saturated rings. The van der Waals surface area contributed by atoms with Gasteiger partial charge in [0.2, 0.25) is 5.91 Å². The van der Waals surface area contributed by atoms with E-state index < -0.39 is 0 Å². The van der Waals surface area contributed by atoms with Crippen molar-refractivity contribution >= 4 is 22.8 Å². The first kappa shape index (κ1) is 21.0. The molecule has 0 radical (unpaired) electrons. The average Bonchev–Trinajstić information content (AvgIpc) is 3.23. The lowest BCUT2D eigenvalue weighted by Gasteiger charge is -2.36. The average molecular weight is 432 g/mol. The van der Waals surface area contributed by atoms with Gasteiger partial charge >= 0.3 is 0 Å². The number of aromatic nitrogens is 3. The topological polar surface area (TPSA) is 54.3 Å². The molecule has 1 amide bonds. The van der Waals surface area contributed by atoms with Crippen LogP contribution >= 0.6 is 0 Å². The van der Waals surface area contributed by atoms with E-state index in [2.05, 4.69) is 44.8 Å². The van der Waals surface area contributed by atoms with Gasteiger partial charge in [0.05, 0.1) is 0 Å². The number of amides is 1. The summed E-state index contributed by atoms with van der Waals surface area (Å²) in [6.07, 6.45) is 10.4. The molecule has 168 valence electrons. The first-order valence-corrected chi connectivity index (χ1v) is 12.2. The van der Waals surface area contributed by atoms with Crippen molar-refractivity contribution in [2.24, 2.45) is 0 Å². The van der Waals surface area contributed by atoms with Gasteiger partial charge in [-0.05, 0) is 43.5 Å². The number of benzene rings is 1. The third-order valence-corrected chi connectivity index (χ3v) is 7.01. The van der Waals surface area contributed by atoms with Crippen molar-refractivity contribution < 1.29 is 4.79 Å². The molecule has 0 atom stereocenters. The van der Waals surface area contributed by atoms with Crippen LogP contribution in [0.4, 0.5) is 5.69 Å². The number of pyridine rings is 1. The summed E-state index contributed by atoms with van der Waals surface area (Å²) in [6.45, 7) is 3.41. The van der Waals surface area contributed by atoms with Crippen molar-refractivity contribution in [2.45, 2.75) is 57.4 Å². The standard InChI is InChI=1S/C26H33N5O/c32-25(30-19-17-29(18-20-30)21-9-3-1-4-10-21)15-7-14-24-28-23-13-8-16-27-26(23)31(24)22-11-5-2-6-12-22/h1,3-4,8-10,13,16,22H,2,5-7,11-12,14-15,17-20H2. The predicted molar refractivity (Wildman–Crippen MR) is 128 cm³/mol. The van der Waals surface area contributed by atoms with E-state index in [1.807, 2.05) is 23.2 Å². The van der Waals surface area contributed by atoms with Gasteiger partial charge in [0, 0.05) is 56.9 Å². The minimum Gasteiger partial charge on any atom is -0.368 e. The van der Waals surface area contributed by atoms with Gasteiger partial charge in [-0.1, -0.05) is 37.5 Å². The Labute approximate surface area is 190 Å². The molecule has 6 heteroatoms. The second kappa shape index (κ2) is 9.72. The Morgan fingerprint density at radius 1 is 0.938 bits per heavy atom. The van der Waals surface area contributed by atoms with Crippen LogP contribution in [0.5, 0.6) is 0 Å². The fourth-order valence-corrected chi connectivity index (χ4v) is 5.28. The van der Waals surface area contributed by atoms with Gasteiger partial charge in [0.1, 0.15) is 11.3 Å². The number of rotatable bonds is 6. The Bertz CT molecular complexity index is 1030. The van der Waals surface area contributed by atoms with Crippen LogP contribution < -0.4 is 4.90 Å². The SMILES string of the molecule is O=C(CCCc1nc2cccnc2n1C1CCCCC1)N1CCN(c2ccccc2)CC1. The molecule has 0 unspecified atom stereocenters. The monoisotopic (exact) mass is 431 g/mol. The number of anilines is 1. The molecule has 0 spiro atoms. The van der Waals surface area contributed by atoms with Gasteiger partial charge in [-0.2, -0.15) is 0 Å². The highest BCUT2D eigenvalue weighted by molar-refractivity contribution is 5.76. The summed E-state index contributed by atoms with van der Waals surface area (Å²) in [5, 5.41) is 0. The van der Waals surface area contributed by atoms with E-state index in [0.717, 1.165) is 56.0 Å². The van der Waals surface area contributed by atoms with E-state index in [4.69, 9.17) is 4.98 Å². The van der Waals surface area contributed by atoms with Crippen molar-refractivity contribution in [2.75, 3.05) is 31.1 Å². The summed E-state index contributed by atoms with van der Waals surface area (Å²) in [4.78, 5) is 26.8. The van der Waals surface area contributed by atoms with Gasteiger partial charge in [-0.3, -0.25) is 4.79 Å². The van der Waals surface area contributed by atoms with E-state index in [0.29, 0.717) is 12.5 Å². The Hall–Kier alpha value is -2.89. The van der Waals surface area contributed by atoms with Gasteiger partial charge < -0.3 is 14.4 Å². The van der Waals surface area contributed by atoms with Gasteiger partial charge in [-0.15, -0.1) is 0 Å². The van der Waals surface area contributed by atoms with Crippen LogP contribution in [0.1, 0.15) is 56.8 Å². The highest BCUT2D eigenvalue weighted by Gasteiger charge is 2.23. The predicted octanol–water partition coefficient (Wildman–Crippen LogP) is 4.61.